The van der Waals surface area contributed by atoms with Crippen LogP contribution in [0.15, 0.2) is 18.5 Å². The fraction of sp³-hybridized carbons (Fsp3) is 0.455. The molecule has 0 aliphatic heterocycles. The number of aromatic nitrogens is 3. The van der Waals surface area contributed by atoms with E-state index in [2.05, 4.69) is 22.1 Å². The molecule has 2 heterocycles. The van der Waals surface area contributed by atoms with Crippen molar-refractivity contribution in [2.45, 2.75) is 19.8 Å². The number of hydrogen-bond donors (Lipinski definition) is 1. The van der Waals surface area contributed by atoms with E-state index in [1.165, 1.54) is 17.3 Å². The van der Waals surface area contributed by atoms with E-state index in [9.17, 15) is 0 Å². The smallest absolute Gasteiger partial charge is 0.0874 e. The fourth-order valence-electron chi connectivity index (χ4n) is 2.02. The van der Waals surface area contributed by atoms with E-state index in [0.717, 1.165) is 24.0 Å². The van der Waals surface area contributed by atoms with Gasteiger partial charge in [0.1, 0.15) is 0 Å². The predicted molar refractivity (Wildman–Crippen MR) is 54.9 cm³/mol. The molecule has 1 saturated carbocycles. The Morgan fingerprint density at radius 1 is 1.57 bits per heavy atom. The molecule has 1 fully saturated rings. The Kier molecular flexibility index (Phi) is 1.60. The van der Waals surface area contributed by atoms with Crippen LogP contribution in [0.4, 0.5) is 0 Å². The number of aromatic amines is 1. The largest absolute Gasteiger partial charge is 0.360 e. The van der Waals surface area contributed by atoms with Gasteiger partial charge in [-0.25, -0.2) is 0 Å². The van der Waals surface area contributed by atoms with Gasteiger partial charge in [0.2, 0.25) is 0 Å². The van der Waals surface area contributed by atoms with E-state index in [1.807, 2.05) is 18.5 Å². The van der Waals surface area contributed by atoms with E-state index >= 15 is 0 Å². The maximum absolute atomic E-state index is 4.21. The summed E-state index contributed by atoms with van der Waals surface area (Å²) in [5, 5.41) is 9.40. The lowest BCUT2D eigenvalue weighted by atomic mass is 10.1. The van der Waals surface area contributed by atoms with E-state index in [1.54, 1.807) is 0 Å². The highest BCUT2D eigenvalue weighted by atomic mass is 15.1. The lowest BCUT2D eigenvalue weighted by Crippen LogP contribution is -1.96. The van der Waals surface area contributed by atoms with Crippen LogP contribution >= 0.6 is 0 Å². The van der Waals surface area contributed by atoms with Crippen molar-refractivity contribution in [3.63, 3.8) is 0 Å². The van der Waals surface area contributed by atoms with Gasteiger partial charge in [0.25, 0.3) is 0 Å². The maximum Gasteiger partial charge on any atom is 0.0874 e. The lowest BCUT2D eigenvalue weighted by molar-refractivity contribution is 0.723. The molecule has 1 aliphatic carbocycles. The normalized spacial score (nSPS) is 25.5. The highest BCUT2D eigenvalue weighted by Gasteiger charge is 2.33. The van der Waals surface area contributed by atoms with Gasteiger partial charge in [-0.05, 0) is 30.7 Å². The molecule has 0 radical (unpaired) electrons. The van der Waals surface area contributed by atoms with Crippen LogP contribution in [0, 0.1) is 11.8 Å². The van der Waals surface area contributed by atoms with Crippen molar-refractivity contribution in [1.82, 2.24) is 15.2 Å². The van der Waals surface area contributed by atoms with Crippen LogP contribution in [0.2, 0.25) is 0 Å². The summed E-state index contributed by atoms with van der Waals surface area (Å²) in [4.78, 5) is 3.23. The summed E-state index contributed by atoms with van der Waals surface area (Å²) in [6, 6.07) is 2.05. The molecule has 0 spiro atoms. The molecule has 0 amide bonds. The fourth-order valence-corrected chi connectivity index (χ4v) is 2.02. The number of H-pyrrole nitrogens is 1. The molecule has 3 heteroatoms. The minimum Gasteiger partial charge on any atom is -0.360 e. The Bertz CT molecular complexity index is 460. The lowest BCUT2D eigenvalue weighted by Gasteiger charge is -1.99. The first-order chi connectivity index (χ1) is 6.84. The van der Waals surface area contributed by atoms with Gasteiger partial charge in [0, 0.05) is 11.6 Å². The van der Waals surface area contributed by atoms with Crippen molar-refractivity contribution in [1.29, 1.82) is 0 Å². The number of fused-ring (bicyclic) bond motifs is 1. The molecule has 1 aliphatic rings. The highest BCUT2D eigenvalue weighted by molar-refractivity contribution is 5.80. The second-order valence-electron chi connectivity index (χ2n) is 4.28. The third-order valence-electron chi connectivity index (χ3n) is 3.17. The van der Waals surface area contributed by atoms with Gasteiger partial charge < -0.3 is 4.98 Å². The van der Waals surface area contributed by atoms with Gasteiger partial charge >= 0.3 is 0 Å². The van der Waals surface area contributed by atoms with E-state index in [-0.39, 0.29) is 0 Å². The molecule has 0 aromatic carbocycles. The van der Waals surface area contributed by atoms with Crippen molar-refractivity contribution in [3.05, 3.63) is 24.2 Å². The molecule has 2 atom stereocenters. The molecule has 3 nitrogen and oxygen atoms in total. The van der Waals surface area contributed by atoms with Crippen molar-refractivity contribution < 1.29 is 0 Å². The van der Waals surface area contributed by atoms with Gasteiger partial charge in [-0.15, -0.1) is 0 Å². The molecule has 0 saturated heterocycles. The Morgan fingerprint density at radius 2 is 2.43 bits per heavy atom. The SMILES string of the molecule is CC1CC1Cc1nncc2cc[nH]c12. The molecule has 2 aromatic rings. The first-order valence-electron chi connectivity index (χ1n) is 5.12. The van der Waals surface area contributed by atoms with Crippen molar-refractivity contribution in [2.24, 2.45) is 11.8 Å². The van der Waals surface area contributed by atoms with Crippen LogP contribution in [0.25, 0.3) is 10.9 Å². The summed E-state index contributed by atoms with van der Waals surface area (Å²) in [5.74, 6) is 1.71. The monoisotopic (exact) mass is 187 g/mol. The summed E-state index contributed by atoms with van der Waals surface area (Å²) in [6.45, 7) is 2.30. The quantitative estimate of drug-likeness (QED) is 0.782. The van der Waals surface area contributed by atoms with Gasteiger partial charge in [0.15, 0.2) is 0 Å². The Labute approximate surface area is 82.5 Å². The predicted octanol–water partition coefficient (Wildman–Crippen LogP) is 2.16. The third kappa shape index (κ3) is 1.20. The van der Waals surface area contributed by atoms with Crippen molar-refractivity contribution in [3.8, 4) is 0 Å². The van der Waals surface area contributed by atoms with Gasteiger partial charge in [-0.1, -0.05) is 6.92 Å². The molecule has 14 heavy (non-hydrogen) atoms. The molecule has 2 aromatic heterocycles. The van der Waals surface area contributed by atoms with Crippen molar-refractivity contribution in [2.75, 3.05) is 0 Å². The van der Waals surface area contributed by atoms with E-state index in [4.69, 9.17) is 0 Å². The zero-order valence-electron chi connectivity index (χ0n) is 8.20. The number of rotatable bonds is 2. The van der Waals surface area contributed by atoms with Crippen LogP contribution in [0.5, 0.6) is 0 Å². The molecular formula is C11H13N3. The molecule has 1 N–H and O–H groups in total. The third-order valence-corrected chi connectivity index (χ3v) is 3.17. The molecule has 0 bridgehead atoms. The minimum absolute atomic E-state index is 0.832. The first kappa shape index (κ1) is 7.97. The number of hydrogen-bond acceptors (Lipinski definition) is 2. The first-order valence-corrected chi connectivity index (χ1v) is 5.12. The standard InChI is InChI=1S/C11H13N3/c1-7-4-9(7)5-10-11-8(2-3-12-11)6-13-14-10/h2-3,6-7,9,12H,4-5H2,1H3. The summed E-state index contributed by atoms with van der Waals surface area (Å²) in [6.07, 6.45) is 6.18. The Balaban J connectivity index is 1.98. The van der Waals surface area contributed by atoms with Crippen LogP contribution in [0.1, 0.15) is 19.0 Å². The molecule has 2 unspecified atom stereocenters. The molecule has 3 rings (SSSR count). The Hall–Kier alpha value is -1.38. The second-order valence-corrected chi connectivity index (χ2v) is 4.28. The summed E-state index contributed by atoms with van der Waals surface area (Å²) < 4.78 is 0. The van der Waals surface area contributed by atoms with E-state index in [0.29, 0.717) is 0 Å². The van der Waals surface area contributed by atoms with Gasteiger partial charge in [-0.2, -0.15) is 10.2 Å². The maximum atomic E-state index is 4.21. The summed E-state index contributed by atoms with van der Waals surface area (Å²) in [7, 11) is 0. The summed E-state index contributed by atoms with van der Waals surface area (Å²) in [5.41, 5.74) is 2.29. The average molecular weight is 187 g/mol. The average Bonchev–Trinajstić information content (AvgIpc) is 2.69. The molecular weight excluding hydrogens is 174 g/mol. The minimum atomic E-state index is 0.832. The summed E-state index contributed by atoms with van der Waals surface area (Å²) >= 11 is 0. The number of nitrogens with one attached hydrogen (secondary N) is 1. The van der Waals surface area contributed by atoms with Crippen LogP contribution < -0.4 is 0 Å². The van der Waals surface area contributed by atoms with Crippen LogP contribution in [-0.2, 0) is 6.42 Å². The zero-order chi connectivity index (χ0) is 9.54. The highest BCUT2D eigenvalue weighted by Crippen LogP contribution is 2.40. The van der Waals surface area contributed by atoms with Gasteiger partial charge in [-0.3, -0.25) is 0 Å². The van der Waals surface area contributed by atoms with Gasteiger partial charge in [0.05, 0.1) is 17.4 Å². The molecule has 72 valence electrons. The second kappa shape index (κ2) is 2.80. The van der Waals surface area contributed by atoms with Crippen molar-refractivity contribution >= 4 is 10.9 Å². The topological polar surface area (TPSA) is 41.6 Å². The van der Waals surface area contributed by atoms with Crippen LogP contribution in [0.3, 0.4) is 0 Å². The van der Waals surface area contributed by atoms with E-state index < -0.39 is 0 Å². The van der Waals surface area contributed by atoms with Crippen LogP contribution in [-0.4, -0.2) is 15.2 Å². The number of nitrogens with zero attached hydrogens (tertiary/aromatic N) is 2. The Morgan fingerprint density at radius 3 is 3.21 bits per heavy atom. The zero-order valence-corrected chi connectivity index (χ0v) is 8.20.